The second kappa shape index (κ2) is 11.3. The molecule has 0 saturated carbocycles. The van der Waals surface area contributed by atoms with Gasteiger partial charge in [0.25, 0.3) is 5.91 Å². The number of pyridine rings is 2. The number of hydrogen-bond donors (Lipinski definition) is 4. The molecule has 3 aromatic heterocycles. The number of hydrogen-bond acceptors (Lipinski definition) is 7. The molecule has 11 heteroatoms. The highest BCUT2D eigenvalue weighted by Crippen LogP contribution is 2.38. The van der Waals surface area contributed by atoms with E-state index in [2.05, 4.69) is 31.1 Å². The molecule has 0 bridgehead atoms. The summed E-state index contributed by atoms with van der Waals surface area (Å²) in [6.07, 6.45) is 4.71. The summed E-state index contributed by atoms with van der Waals surface area (Å²) in [6, 6.07) is 14.4. The summed E-state index contributed by atoms with van der Waals surface area (Å²) < 4.78 is 8.16. The summed E-state index contributed by atoms with van der Waals surface area (Å²) in [5.41, 5.74) is 3.69. The third kappa shape index (κ3) is 6.04. The zero-order valence-corrected chi connectivity index (χ0v) is 22.7. The Bertz CT molecular complexity index is 1530. The Kier molecular flexibility index (Phi) is 7.65. The van der Waals surface area contributed by atoms with Gasteiger partial charge in [0.1, 0.15) is 23.9 Å². The average Bonchev–Trinajstić information content (AvgIpc) is 3.40. The first kappa shape index (κ1) is 27.1. The molecule has 2 atom stereocenters. The van der Waals surface area contributed by atoms with Crippen molar-refractivity contribution in [2.45, 2.75) is 51.2 Å². The first-order valence-corrected chi connectivity index (χ1v) is 13.3. The maximum Gasteiger partial charge on any atom is 0.319 e. The Morgan fingerprint density at radius 1 is 1.10 bits per heavy atom. The summed E-state index contributed by atoms with van der Waals surface area (Å²) in [6.45, 7) is 5.89. The number of aliphatic hydroxyl groups excluding tert-OH is 1. The van der Waals surface area contributed by atoms with Gasteiger partial charge in [0, 0.05) is 23.3 Å². The van der Waals surface area contributed by atoms with Crippen molar-refractivity contribution in [1.82, 2.24) is 30.2 Å². The van der Waals surface area contributed by atoms with Crippen LogP contribution in [0.2, 0.25) is 0 Å². The molecule has 40 heavy (non-hydrogen) atoms. The minimum atomic E-state index is -0.417. The highest BCUT2D eigenvalue weighted by molar-refractivity contribution is 5.95. The Labute approximate surface area is 232 Å². The number of anilines is 1. The summed E-state index contributed by atoms with van der Waals surface area (Å²) in [7, 11) is 0. The molecule has 3 amide bonds. The molecule has 0 radical (unpaired) electrons. The van der Waals surface area contributed by atoms with Gasteiger partial charge < -0.3 is 25.8 Å². The summed E-state index contributed by atoms with van der Waals surface area (Å²) in [4.78, 5) is 30.2. The smallest absolute Gasteiger partial charge is 0.319 e. The van der Waals surface area contributed by atoms with E-state index in [4.69, 9.17) is 9.84 Å². The number of nitrogens with one attached hydrogen (secondary N) is 3. The van der Waals surface area contributed by atoms with Crippen LogP contribution in [0, 0.1) is 0 Å². The molecule has 0 saturated heterocycles. The molecule has 0 spiro atoms. The topological polar surface area (TPSA) is 143 Å². The molecular weight excluding hydrogens is 510 g/mol. The molecule has 208 valence electrons. The van der Waals surface area contributed by atoms with Gasteiger partial charge in [0.2, 0.25) is 0 Å². The van der Waals surface area contributed by atoms with Gasteiger partial charge in [-0.05, 0) is 48.2 Å². The number of amides is 3. The van der Waals surface area contributed by atoms with Gasteiger partial charge in [0.05, 0.1) is 18.8 Å². The van der Waals surface area contributed by atoms with Crippen molar-refractivity contribution in [3.05, 3.63) is 83.6 Å². The minimum Gasteiger partial charge on any atom is -0.484 e. The van der Waals surface area contributed by atoms with Crippen LogP contribution in [0.1, 0.15) is 73.1 Å². The van der Waals surface area contributed by atoms with Crippen molar-refractivity contribution in [2.75, 3.05) is 18.5 Å². The second-order valence-corrected chi connectivity index (χ2v) is 10.8. The maximum absolute atomic E-state index is 13.2. The van der Waals surface area contributed by atoms with Crippen LogP contribution in [0.4, 0.5) is 10.5 Å². The number of fused-ring (bicyclic) bond motifs is 2. The number of aromatic nitrogens is 4. The molecular formula is C29H33N7O4. The van der Waals surface area contributed by atoms with Crippen LogP contribution in [0.15, 0.2) is 61.1 Å². The first-order chi connectivity index (χ1) is 19.2. The third-order valence-corrected chi connectivity index (χ3v) is 6.76. The second-order valence-electron chi connectivity index (χ2n) is 10.8. The zero-order chi connectivity index (χ0) is 28.3. The Balaban J connectivity index is 1.31. The lowest BCUT2D eigenvalue weighted by Gasteiger charge is -2.32. The number of carbonyl (C=O) groups is 2. The Morgan fingerprint density at radius 2 is 1.90 bits per heavy atom. The van der Waals surface area contributed by atoms with E-state index >= 15 is 0 Å². The quantitative estimate of drug-likeness (QED) is 0.277. The van der Waals surface area contributed by atoms with Gasteiger partial charge in [-0.1, -0.05) is 45.0 Å². The van der Waals surface area contributed by atoms with Crippen LogP contribution in [-0.4, -0.2) is 49.8 Å². The van der Waals surface area contributed by atoms with Gasteiger partial charge in [0.15, 0.2) is 5.65 Å². The fraction of sp³-hybridized carbons (Fsp3) is 0.345. The van der Waals surface area contributed by atoms with Crippen LogP contribution in [0.3, 0.4) is 0 Å². The van der Waals surface area contributed by atoms with Crippen molar-refractivity contribution in [3.63, 3.8) is 0 Å². The van der Waals surface area contributed by atoms with Crippen LogP contribution in [0.25, 0.3) is 5.65 Å². The van der Waals surface area contributed by atoms with Crippen molar-refractivity contribution in [1.29, 1.82) is 0 Å². The van der Waals surface area contributed by atoms with E-state index in [1.54, 1.807) is 12.4 Å². The number of benzene rings is 1. The Morgan fingerprint density at radius 3 is 2.67 bits per heavy atom. The fourth-order valence-electron chi connectivity index (χ4n) is 4.75. The molecule has 2 unspecified atom stereocenters. The van der Waals surface area contributed by atoms with Crippen molar-refractivity contribution < 1.29 is 19.4 Å². The monoisotopic (exact) mass is 543 g/mol. The van der Waals surface area contributed by atoms with Gasteiger partial charge in [-0.3, -0.25) is 9.20 Å². The number of aliphatic hydroxyl groups is 1. The fourth-order valence-corrected chi connectivity index (χ4v) is 4.75. The van der Waals surface area contributed by atoms with E-state index in [1.165, 1.54) is 6.07 Å². The SMILES string of the molecule is CC(C)(C)c1cc(NC(=O)NC2CCC(Oc3ccc4nncn4c3)c3ccccc32)cc(C(=O)NCCO)n1. The molecule has 11 nitrogen and oxygen atoms in total. The van der Waals surface area contributed by atoms with E-state index < -0.39 is 5.91 Å². The van der Waals surface area contributed by atoms with Gasteiger partial charge in [-0.15, -0.1) is 10.2 Å². The summed E-state index contributed by atoms with van der Waals surface area (Å²) >= 11 is 0. The van der Waals surface area contributed by atoms with E-state index in [1.807, 2.05) is 67.8 Å². The highest BCUT2D eigenvalue weighted by atomic mass is 16.5. The van der Waals surface area contributed by atoms with Gasteiger partial charge in [-0.2, -0.15) is 0 Å². The number of ether oxygens (including phenoxy) is 1. The molecule has 4 aromatic rings. The van der Waals surface area contributed by atoms with Crippen LogP contribution >= 0.6 is 0 Å². The number of nitrogens with zero attached hydrogens (tertiary/aromatic N) is 4. The molecule has 3 heterocycles. The average molecular weight is 544 g/mol. The predicted octanol–water partition coefficient (Wildman–Crippen LogP) is 3.92. The number of rotatable bonds is 7. The number of carbonyl (C=O) groups excluding carboxylic acids is 2. The van der Waals surface area contributed by atoms with Crippen LogP contribution in [0.5, 0.6) is 5.75 Å². The molecule has 5 rings (SSSR count). The standard InChI is InChI=1S/C29H33N7O4/c1-29(2,3)25-15-18(14-23(33-25)27(38)30-12-13-37)32-28(39)34-22-9-10-24(21-7-5-4-6-20(21)22)40-19-8-11-26-35-31-17-36(26)16-19/h4-8,11,14-17,22,24,37H,9-10,12-13H2,1-3H3,(H,30,38)(H2,32,33,34,39). The summed E-state index contributed by atoms with van der Waals surface area (Å²) in [5, 5.41) is 25.6. The lowest BCUT2D eigenvalue weighted by atomic mass is 9.85. The molecule has 0 aliphatic heterocycles. The third-order valence-electron chi connectivity index (χ3n) is 6.76. The van der Waals surface area contributed by atoms with E-state index in [0.29, 0.717) is 30.0 Å². The predicted molar refractivity (Wildman–Crippen MR) is 149 cm³/mol. The maximum atomic E-state index is 13.2. The van der Waals surface area contributed by atoms with Crippen LogP contribution < -0.4 is 20.7 Å². The molecule has 0 fully saturated rings. The molecule has 1 aliphatic carbocycles. The van der Waals surface area contributed by atoms with E-state index in [0.717, 1.165) is 16.8 Å². The van der Waals surface area contributed by atoms with Gasteiger partial charge in [-0.25, -0.2) is 9.78 Å². The Hall–Kier alpha value is -4.51. The highest BCUT2D eigenvalue weighted by Gasteiger charge is 2.30. The zero-order valence-electron chi connectivity index (χ0n) is 22.7. The van der Waals surface area contributed by atoms with E-state index in [9.17, 15) is 9.59 Å². The number of urea groups is 1. The lowest BCUT2D eigenvalue weighted by molar-refractivity contribution is 0.0939. The van der Waals surface area contributed by atoms with Crippen molar-refractivity contribution in [3.8, 4) is 5.75 Å². The van der Waals surface area contributed by atoms with Crippen LogP contribution in [-0.2, 0) is 5.41 Å². The minimum absolute atomic E-state index is 0.116. The molecule has 4 N–H and O–H groups in total. The van der Waals surface area contributed by atoms with Crippen molar-refractivity contribution >= 4 is 23.3 Å². The van der Waals surface area contributed by atoms with Crippen molar-refractivity contribution in [2.24, 2.45) is 0 Å². The van der Waals surface area contributed by atoms with Gasteiger partial charge >= 0.3 is 6.03 Å². The largest absolute Gasteiger partial charge is 0.484 e. The molecule has 1 aliphatic rings. The lowest BCUT2D eigenvalue weighted by Crippen LogP contribution is -2.36. The van der Waals surface area contributed by atoms with E-state index in [-0.39, 0.29) is 42.4 Å². The normalized spacial score (nSPS) is 16.7. The molecule has 1 aromatic carbocycles. The summed E-state index contributed by atoms with van der Waals surface area (Å²) in [5.74, 6) is 0.293. The first-order valence-electron chi connectivity index (χ1n) is 13.3.